The molecule has 0 atom stereocenters. The zero-order chi connectivity index (χ0) is 17.6. The molecule has 1 N–H and O–H groups in total. The second kappa shape index (κ2) is 8.36. The third-order valence-electron chi connectivity index (χ3n) is 3.94. The average molecular weight is 405 g/mol. The molecule has 0 radical (unpaired) electrons. The van der Waals surface area contributed by atoms with Gasteiger partial charge in [-0.2, -0.15) is 0 Å². The third kappa shape index (κ3) is 4.96. The number of amides is 1. The van der Waals surface area contributed by atoms with Gasteiger partial charge in [-0.3, -0.25) is 4.79 Å². The van der Waals surface area contributed by atoms with Gasteiger partial charge in [-0.25, -0.2) is 0 Å². The molecule has 1 saturated heterocycles. The molecule has 6 heteroatoms. The number of morpholine rings is 1. The smallest absolute Gasteiger partial charge is 0.262 e. The zero-order valence-electron chi connectivity index (χ0n) is 14.1. The maximum atomic E-state index is 12.1. The minimum atomic E-state index is -0.187. The van der Waals surface area contributed by atoms with Crippen molar-refractivity contribution < 1.29 is 14.3 Å². The summed E-state index contributed by atoms with van der Waals surface area (Å²) >= 11 is 3.59. The van der Waals surface area contributed by atoms with Gasteiger partial charge >= 0.3 is 0 Å². The largest absolute Gasteiger partial charge is 0.484 e. The number of anilines is 2. The van der Waals surface area contributed by atoms with Crippen LogP contribution in [0.1, 0.15) is 5.56 Å². The highest BCUT2D eigenvalue weighted by atomic mass is 79.9. The summed E-state index contributed by atoms with van der Waals surface area (Å²) in [6, 6.07) is 13.5. The normalized spacial score (nSPS) is 14.2. The molecular weight excluding hydrogens is 384 g/mol. The highest BCUT2D eigenvalue weighted by Crippen LogP contribution is 2.29. The lowest BCUT2D eigenvalue weighted by molar-refractivity contribution is -0.118. The summed E-state index contributed by atoms with van der Waals surface area (Å²) in [5.41, 5.74) is 2.94. The lowest BCUT2D eigenvalue weighted by Crippen LogP contribution is -2.36. The molecule has 0 saturated carbocycles. The van der Waals surface area contributed by atoms with Crippen LogP contribution in [-0.2, 0) is 9.53 Å². The first-order valence-corrected chi connectivity index (χ1v) is 9.03. The number of nitrogens with zero attached hydrogens (tertiary/aromatic N) is 1. The highest BCUT2D eigenvalue weighted by molar-refractivity contribution is 9.10. The summed E-state index contributed by atoms with van der Waals surface area (Å²) in [5, 5.41) is 2.86. The summed E-state index contributed by atoms with van der Waals surface area (Å²) in [4.78, 5) is 14.4. The van der Waals surface area contributed by atoms with Gasteiger partial charge in [-0.1, -0.05) is 12.1 Å². The number of hydrogen-bond donors (Lipinski definition) is 1. The van der Waals surface area contributed by atoms with Gasteiger partial charge in [-0.05, 0) is 58.7 Å². The Hall–Kier alpha value is -2.05. The first kappa shape index (κ1) is 17.8. The van der Waals surface area contributed by atoms with Crippen LogP contribution in [0.25, 0.3) is 0 Å². The molecule has 0 unspecified atom stereocenters. The molecular formula is C19H21BrN2O3. The van der Waals surface area contributed by atoms with Crippen molar-refractivity contribution in [3.8, 4) is 5.75 Å². The van der Waals surface area contributed by atoms with Gasteiger partial charge in [0, 0.05) is 23.2 Å². The van der Waals surface area contributed by atoms with E-state index in [0.29, 0.717) is 5.75 Å². The van der Waals surface area contributed by atoms with Crippen LogP contribution in [0.15, 0.2) is 46.9 Å². The Morgan fingerprint density at radius 1 is 1.24 bits per heavy atom. The van der Waals surface area contributed by atoms with E-state index in [0.717, 1.165) is 47.7 Å². The van der Waals surface area contributed by atoms with Crippen molar-refractivity contribution in [1.82, 2.24) is 0 Å². The van der Waals surface area contributed by atoms with Crippen molar-refractivity contribution in [1.29, 1.82) is 0 Å². The summed E-state index contributed by atoms with van der Waals surface area (Å²) in [5.74, 6) is 0.506. The zero-order valence-corrected chi connectivity index (χ0v) is 15.7. The van der Waals surface area contributed by atoms with E-state index in [1.807, 2.05) is 49.4 Å². The number of carbonyl (C=O) groups excluding carboxylic acids is 1. The number of benzene rings is 2. The molecule has 5 nitrogen and oxygen atoms in total. The van der Waals surface area contributed by atoms with Gasteiger partial charge in [0.05, 0.1) is 18.9 Å². The van der Waals surface area contributed by atoms with Crippen molar-refractivity contribution in [3.63, 3.8) is 0 Å². The Balaban J connectivity index is 1.57. The molecule has 1 heterocycles. The van der Waals surface area contributed by atoms with Crippen LogP contribution in [0, 0.1) is 6.92 Å². The molecule has 0 aliphatic carbocycles. The molecule has 1 aliphatic rings. The Morgan fingerprint density at radius 3 is 2.76 bits per heavy atom. The van der Waals surface area contributed by atoms with Crippen LogP contribution in [-0.4, -0.2) is 38.8 Å². The molecule has 2 aromatic rings. The molecule has 132 valence electrons. The molecule has 1 aliphatic heterocycles. The maximum absolute atomic E-state index is 12.1. The molecule has 3 rings (SSSR count). The van der Waals surface area contributed by atoms with Gasteiger partial charge in [0.1, 0.15) is 5.75 Å². The standard InChI is InChI=1S/C19H21BrN2O3/c1-14-3-2-4-16(11-14)25-13-19(23)21-15-5-6-18(17(20)12-15)22-7-9-24-10-8-22/h2-6,11-12H,7-10,13H2,1H3,(H,21,23). The summed E-state index contributed by atoms with van der Waals surface area (Å²) in [6.45, 7) is 5.18. The van der Waals surface area contributed by atoms with E-state index in [9.17, 15) is 4.79 Å². The fraction of sp³-hybridized carbons (Fsp3) is 0.316. The topological polar surface area (TPSA) is 50.8 Å². The minimum Gasteiger partial charge on any atom is -0.484 e. The quantitative estimate of drug-likeness (QED) is 0.826. The molecule has 0 bridgehead atoms. The van der Waals surface area contributed by atoms with E-state index in [4.69, 9.17) is 9.47 Å². The van der Waals surface area contributed by atoms with Crippen molar-refractivity contribution in [3.05, 3.63) is 52.5 Å². The second-order valence-electron chi connectivity index (χ2n) is 5.92. The van der Waals surface area contributed by atoms with Crippen LogP contribution in [0.3, 0.4) is 0 Å². The number of aryl methyl sites for hydroxylation is 1. The number of carbonyl (C=O) groups is 1. The second-order valence-corrected chi connectivity index (χ2v) is 6.77. The molecule has 1 fully saturated rings. The monoisotopic (exact) mass is 404 g/mol. The Labute approximate surface area is 156 Å². The van der Waals surface area contributed by atoms with Crippen molar-refractivity contribution >= 4 is 33.2 Å². The number of hydrogen-bond acceptors (Lipinski definition) is 4. The average Bonchev–Trinajstić information content (AvgIpc) is 2.61. The van der Waals surface area contributed by atoms with Crippen molar-refractivity contribution in [2.24, 2.45) is 0 Å². The van der Waals surface area contributed by atoms with Crippen molar-refractivity contribution in [2.45, 2.75) is 6.92 Å². The Kier molecular flexibility index (Phi) is 5.94. The molecule has 1 amide bonds. The maximum Gasteiger partial charge on any atom is 0.262 e. The number of rotatable bonds is 5. The van der Waals surface area contributed by atoms with Crippen LogP contribution in [0.4, 0.5) is 11.4 Å². The van der Waals surface area contributed by atoms with E-state index in [2.05, 4.69) is 26.1 Å². The molecule has 0 aromatic heterocycles. The molecule has 25 heavy (non-hydrogen) atoms. The predicted molar refractivity (Wildman–Crippen MR) is 102 cm³/mol. The number of ether oxygens (including phenoxy) is 2. The van der Waals surface area contributed by atoms with E-state index >= 15 is 0 Å². The van der Waals surface area contributed by atoms with Gasteiger partial charge in [0.2, 0.25) is 0 Å². The summed E-state index contributed by atoms with van der Waals surface area (Å²) < 4.78 is 11.9. The number of halogens is 1. The Morgan fingerprint density at radius 2 is 2.04 bits per heavy atom. The fourth-order valence-electron chi connectivity index (χ4n) is 2.70. The van der Waals surface area contributed by atoms with E-state index in [1.54, 1.807) is 0 Å². The highest BCUT2D eigenvalue weighted by Gasteiger charge is 2.14. The number of nitrogens with one attached hydrogen (secondary N) is 1. The van der Waals surface area contributed by atoms with E-state index in [-0.39, 0.29) is 12.5 Å². The summed E-state index contributed by atoms with van der Waals surface area (Å²) in [7, 11) is 0. The van der Waals surface area contributed by atoms with E-state index < -0.39 is 0 Å². The summed E-state index contributed by atoms with van der Waals surface area (Å²) in [6.07, 6.45) is 0. The molecule has 2 aromatic carbocycles. The fourth-order valence-corrected chi connectivity index (χ4v) is 3.33. The van der Waals surface area contributed by atoms with Gasteiger partial charge in [-0.15, -0.1) is 0 Å². The first-order chi connectivity index (χ1) is 12.1. The van der Waals surface area contributed by atoms with Crippen LogP contribution >= 0.6 is 15.9 Å². The van der Waals surface area contributed by atoms with Crippen molar-refractivity contribution in [2.75, 3.05) is 43.1 Å². The van der Waals surface area contributed by atoms with E-state index in [1.165, 1.54) is 0 Å². The van der Waals surface area contributed by atoms with Crippen LogP contribution in [0.2, 0.25) is 0 Å². The predicted octanol–water partition coefficient (Wildman–Crippen LogP) is 3.61. The Bertz CT molecular complexity index is 745. The van der Waals surface area contributed by atoms with Crippen LogP contribution < -0.4 is 15.0 Å². The third-order valence-corrected chi connectivity index (χ3v) is 4.58. The van der Waals surface area contributed by atoms with Gasteiger partial charge in [0.25, 0.3) is 5.91 Å². The lowest BCUT2D eigenvalue weighted by atomic mass is 10.2. The van der Waals surface area contributed by atoms with Gasteiger partial charge < -0.3 is 19.7 Å². The van der Waals surface area contributed by atoms with Crippen LogP contribution in [0.5, 0.6) is 5.75 Å². The molecule has 0 spiro atoms. The first-order valence-electron chi connectivity index (χ1n) is 8.23. The van der Waals surface area contributed by atoms with Gasteiger partial charge in [0.15, 0.2) is 6.61 Å². The SMILES string of the molecule is Cc1cccc(OCC(=O)Nc2ccc(N3CCOCC3)c(Br)c2)c1. The lowest BCUT2D eigenvalue weighted by Gasteiger charge is -2.29. The minimum absolute atomic E-state index is 0.0215.